The van der Waals surface area contributed by atoms with Crippen LogP contribution in [0.5, 0.6) is 0 Å². The first-order valence-electron chi connectivity index (χ1n) is 6.75. The number of anilines is 1. The van der Waals surface area contributed by atoms with Crippen molar-refractivity contribution in [2.45, 2.75) is 19.8 Å². The summed E-state index contributed by atoms with van der Waals surface area (Å²) in [5, 5.41) is 11.1. The summed E-state index contributed by atoms with van der Waals surface area (Å²) in [6, 6.07) is 2.01. The standard InChI is InChI=1S/C14H17FN2O4/c1-9-3-5-16(6-4-9)12-7-10(14(18)21-2)11(15)8-13(12)17(19)20/h7-9H,3-6H2,1-2H3. The van der Waals surface area contributed by atoms with Gasteiger partial charge in [-0.2, -0.15) is 0 Å². The summed E-state index contributed by atoms with van der Waals surface area (Å²) in [6.45, 7) is 3.42. The van der Waals surface area contributed by atoms with Gasteiger partial charge in [-0.05, 0) is 24.8 Å². The van der Waals surface area contributed by atoms with Crippen LogP contribution in [0, 0.1) is 21.8 Å². The van der Waals surface area contributed by atoms with E-state index >= 15 is 0 Å². The van der Waals surface area contributed by atoms with Gasteiger partial charge in [-0.3, -0.25) is 10.1 Å². The second-order valence-corrected chi connectivity index (χ2v) is 5.24. The maximum atomic E-state index is 13.8. The van der Waals surface area contributed by atoms with Crippen LogP contribution in [0.1, 0.15) is 30.1 Å². The second-order valence-electron chi connectivity index (χ2n) is 5.24. The highest BCUT2D eigenvalue weighted by Crippen LogP contribution is 2.34. The normalized spacial score (nSPS) is 15.9. The molecular formula is C14H17FN2O4. The summed E-state index contributed by atoms with van der Waals surface area (Å²) in [5.41, 5.74) is -0.333. The maximum absolute atomic E-state index is 13.8. The van der Waals surface area contributed by atoms with Gasteiger partial charge in [-0.15, -0.1) is 0 Å². The highest BCUT2D eigenvalue weighted by molar-refractivity contribution is 5.92. The molecule has 0 aliphatic carbocycles. The van der Waals surface area contributed by atoms with E-state index in [1.807, 2.05) is 4.90 Å². The van der Waals surface area contributed by atoms with E-state index in [0.29, 0.717) is 19.0 Å². The van der Waals surface area contributed by atoms with Gasteiger partial charge in [0.15, 0.2) is 0 Å². The Morgan fingerprint density at radius 1 is 1.43 bits per heavy atom. The van der Waals surface area contributed by atoms with Crippen LogP contribution < -0.4 is 4.90 Å². The molecule has 1 aliphatic rings. The molecular weight excluding hydrogens is 279 g/mol. The molecule has 0 spiro atoms. The van der Waals surface area contributed by atoms with Crippen molar-refractivity contribution in [2.24, 2.45) is 5.92 Å². The molecule has 0 unspecified atom stereocenters. The first kappa shape index (κ1) is 15.2. The minimum Gasteiger partial charge on any atom is -0.465 e. The van der Waals surface area contributed by atoms with E-state index in [1.54, 1.807) is 0 Å². The number of rotatable bonds is 3. The number of methoxy groups -OCH3 is 1. The molecule has 0 atom stereocenters. The molecule has 7 heteroatoms. The van der Waals surface area contributed by atoms with Gasteiger partial charge in [-0.1, -0.05) is 6.92 Å². The van der Waals surface area contributed by atoms with Gasteiger partial charge in [0.1, 0.15) is 11.5 Å². The van der Waals surface area contributed by atoms with Crippen molar-refractivity contribution >= 4 is 17.3 Å². The Morgan fingerprint density at radius 2 is 2.05 bits per heavy atom. The summed E-state index contributed by atoms with van der Waals surface area (Å²) in [7, 11) is 1.14. The van der Waals surface area contributed by atoms with Gasteiger partial charge in [0.05, 0.1) is 23.7 Å². The molecule has 1 heterocycles. The number of benzene rings is 1. The van der Waals surface area contributed by atoms with Crippen molar-refractivity contribution in [2.75, 3.05) is 25.1 Å². The zero-order valence-corrected chi connectivity index (χ0v) is 12.0. The molecule has 0 radical (unpaired) electrons. The highest BCUT2D eigenvalue weighted by atomic mass is 19.1. The fraction of sp³-hybridized carbons (Fsp3) is 0.500. The van der Waals surface area contributed by atoms with E-state index in [2.05, 4.69) is 11.7 Å². The number of hydrogen-bond acceptors (Lipinski definition) is 5. The van der Waals surface area contributed by atoms with E-state index < -0.39 is 16.7 Å². The van der Waals surface area contributed by atoms with E-state index in [1.165, 1.54) is 6.07 Å². The molecule has 0 aromatic heterocycles. The molecule has 0 bridgehead atoms. The Kier molecular flexibility index (Phi) is 4.40. The molecule has 21 heavy (non-hydrogen) atoms. The minimum absolute atomic E-state index is 0.272. The van der Waals surface area contributed by atoms with E-state index in [-0.39, 0.29) is 16.9 Å². The Hall–Kier alpha value is -2.18. The number of nitrogens with zero attached hydrogens (tertiary/aromatic N) is 2. The molecule has 114 valence electrons. The number of nitro groups is 1. The lowest BCUT2D eigenvalue weighted by atomic mass is 9.98. The Labute approximate surface area is 121 Å². The number of halogens is 1. The predicted octanol–water partition coefficient (Wildman–Crippen LogP) is 2.76. The average Bonchev–Trinajstić information content (AvgIpc) is 2.47. The summed E-state index contributed by atoms with van der Waals surface area (Å²) in [5.74, 6) is -1.22. The van der Waals surface area contributed by atoms with Gasteiger partial charge in [0.25, 0.3) is 5.69 Å². The SMILES string of the molecule is COC(=O)c1cc(N2CCC(C)CC2)c([N+](=O)[O-])cc1F. The van der Waals surface area contributed by atoms with Crippen molar-refractivity contribution in [3.05, 3.63) is 33.6 Å². The van der Waals surface area contributed by atoms with Gasteiger partial charge in [0, 0.05) is 13.1 Å². The van der Waals surface area contributed by atoms with Crippen LogP contribution in [-0.4, -0.2) is 31.1 Å². The fourth-order valence-electron chi connectivity index (χ4n) is 2.47. The number of carbonyl (C=O) groups excluding carboxylic acids is 1. The highest BCUT2D eigenvalue weighted by Gasteiger charge is 2.27. The zero-order valence-electron chi connectivity index (χ0n) is 12.0. The van der Waals surface area contributed by atoms with Gasteiger partial charge in [-0.25, -0.2) is 9.18 Å². The van der Waals surface area contributed by atoms with Gasteiger partial charge >= 0.3 is 5.97 Å². The van der Waals surface area contributed by atoms with E-state index in [0.717, 1.165) is 26.0 Å². The van der Waals surface area contributed by atoms with Crippen LogP contribution in [0.15, 0.2) is 12.1 Å². The van der Waals surface area contributed by atoms with Crippen LogP contribution in [0.25, 0.3) is 0 Å². The molecule has 1 saturated heterocycles. The number of esters is 1. The topological polar surface area (TPSA) is 72.7 Å². The molecule has 1 fully saturated rings. The lowest BCUT2D eigenvalue weighted by Crippen LogP contribution is -2.33. The fourth-order valence-corrected chi connectivity index (χ4v) is 2.47. The van der Waals surface area contributed by atoms with Crippen molar-refractivity contribution in [1.82, 2.24) is 0 Å². The van der Waals surface area contributed by atoms with Crippen molar-refractivity contribution in [1.29, 1.82) is 0 Å². The minimum atomic E-state index is -0.942. The largest absolute Gasteiger partial charge is 0.465 e. The molecule has 1 aliphatic heterocycles. The van der Waals surface area contributed by atoms with Crippen LogP contribution in [-0.2, 0) is 4.74 Å². The quantitative estimate of drug-likeness (QED) is 0.487. The molecule has 1 aromatic carbocycles. The Balaban J connectivity index is 2.45. The first-order chi connectivity index (χ1) is 9.93. The predicted molar refractivity (Wildman–Crippen MR) is 75.0 cm³/mol. The summed E-state index contributed by atoms with van der Waals surface area (Å²) >= 11 is 0. The summed E-state index contributed by atoms with van der Waals surface area (Å²) in [6.07, 6.45) is 1.81. The molecule has 2 rings (SSSR count). The van der Waals surface area contributed by atoms with Crippen molar-refractivity contribution in [3.8, 4) is 0 Å². The molecule has 0 saturated carbocycles. The number of piperidine rings is 1. The number of hydrogen-bond donors (Lipinski definition) is 0. The first-order valence-corrected chi connectivity index (χ1v) is 6.75. The molecule has 0 N–H and O–H groups in total. The third-order valence-electron chi connectivity index (χ3n) is 3.79. The molecule has 6 nitrogen and oxygen atoms in total. The van der Waals surface area contributed by atoms with E-state index in [4.69, 9.17) is 0 Å². The molecule has 0 amide bonds. The smallest absolute Gasteiger partial charge is 0.340 e. The lowest BCUT2D eigenvalue weighted by Gasteiger charge is -2.31. The number of ether oxygens (including phenoxy) is 1. The van der Waals surface area contributed by atoms with Crippen molar-refractivity contribution in [3.63, 3.8) is 0 Å². The molecule has 1 aromatic rings. The van der Waals surface area contributed by atoms with Crippen LogP contribution in [0.4, 0.5) is 15.8 Å². The average molecular weight is 296 g/mol. The monoisotopic (exact) mass is 296 g/mol. The Bertz CT molecular complexity index is 568. The van der Waals surface area contributed by atoms with Crippen LogP contribution in [0.3, 0.4) is 0 Å². The maximum Gasteiger partial charge on any atom is 0.340 e. The zero-order chi connectivity index (χ0) is 15.6. The van der Waals surface area contributed by atoms with Gasteiger partial charge in [0.2, 0.25) is 0 Å². The lowest BCUT2D eigenvalue weighted by molar-refractivity contribution is -0.384. The number of nitro benzene ring substituents is 1. The van der Waals surface area contributed by atoms with Gasteiger partial charge < -0.3 is 9.64 Å². The second kappa shape index (κ2) is 6.07. The third-order valence-corrected chi connectivity index (χ3v) is 3.79. The third kappa shape index (κ3) is 3.12. The van der Waals surface area contributed by atoms with Crippen LogP contribution in [0.2, 0.25) is 0 Å². The summed E-state index contributed by atoms with van der Waals surface area (Å²) in [4.78, 5) is 23.9. The Morgan fingerprint density at radius 3 is 2.57 bits per heavy atom. The number of carbonyl (C=O) groups is 1. The summed E-state index contributed by atoms with van der Waals surface area (Å²) < 4.78 is 18.3. The van der Waals surface area contributed by atoms with Crippen molar-refractivity contribution < 1.29 is 18.8 Å². The van der Waals surface area contributed by atoms with E-state index in [9.17, 15) is 19.3 Å². The van der Waals surface area contributed by atoms with Crippen LogP contribution >= 0.6 is 0 Å².